The summed E-state index contributed by atoms with van der Waals surface area (Å²) in [6.45, 7) is 3.84. The Labute approximate surface area is 152 Å². The lowest BCUT2D eigenvalue weighted by molar-refractivity contribution is -0.125. The minimum atomic E-state index is -0.612. The summed E-state index contributed by atoms with van der Waals surface area (Å²) in [5, 5.41) is 3.21. The van der Waals surface area contributed by atoms with Gasteiger partial charge in [-0.3, -0.25) is 4.79 Å². The van der Waals surface area contributed by atoms with Crippen molar-refractivity contribution in [3.63, 3.8) is 0 Å². The van der Waals surface area contributed by atoms with Gasteiger partial charge in [0.2, 0.25) is 0 Å². The predicted molar refractivity (Wildman–Crippen MR) is 96.3 cm³/mol. The van der Waals surface area contributed by atoms with Crippen molar-refractivity contribution in [1.82, 2.24) is 10.3 Å². The van der Waals surface area contributed by atoms with Crippen LogP contribution in [0.3, 0.4) is 0 Å². The van der Waals surface area contributed by atoms with Crippen molar-refractivity contribution in [2.45, 2.75) is 26.3 Å². The molecule has 0 fully saturated rings. The lowest BCUT2D eigenvalue weighted by Gasteiger charge is -2.21. The molecule has 0 saturated heterocycles. The quantitative estimate of drug-likeness (QED) is 0.602. The topological polar surface area (TPSA) is 68.3 Å². The van der Waals surface area contributed by atoms with Crippen LogP contribution in [0.25, 0.3) is 0 Å². The van der Waals surface area contributed by atoms with Gasteiger partial charge in [-0.25, -0.2) is 9.78 Å². The largest absolute Gasteiger partial charge is 0.452 e. The molecule has 1 amide bonds. The molecular weight excluding hydrogens is 340 g/mol. The average molecular weight is 361 g/mol. The Kier molecular flexibility index (Phi) is 6.95. The SMILES string of the molecule is CC(C)C[C@H](NC(=O)COC(=O)c1ccc(Cl)nc1)c1ccccc1. The lowest BCUT2D eigenvalue weighted by atomic mass is 9.97. The Bertz CT molecular complexity index is 702. The summed E-state index contributed by atoms with van der Waals surface area (Å²) in [6, 6.07) is 12.6. The number of carbonyl (C=O) groups is 2. The molecule has 2 aromatic rings. The molecule has 0 aliphatic carbocycles. The second-order valence-electron chi connectivity index (χ2n) is 6.11. The molecule has 0 bridgehead atoms. The van der Waals surface area contributed by atoms with E-state index in [0.29, 0.717) is 5.92 Å². The van der Waals surface area contributed by atoms with Crippen LogP contribution in [0.4, 0.5) is 0 Å². The van der Waals surface area contributed by atoms with E-state index in [9.17, 15) is 9.59 Å². The zero-order chi connectivity index (χ0) is 18.2. The molecule has 1 N–H and O–H groups in total. The number of nitrogens with zero attached hydrogens (tertiary/aromatic N) is 1. The molecule has 5 nitrogen and oxygen atoms in total. The maximum atomic E-state index is 12.2. The van der Waals surface area contributed by atoms with Gasteiger partial charge in [0.25, 0.3) is 5.91 Å². The van der Waals surface area contributed by atoms with Gasteiger partial charge in [-0.1, -0.05) is 55.8 Å². The van der Waals surface area contributed by atoms with Crippen molar-refractivity contribution in [3.8, 4) is 0 Å². The third-order valence-corrected chi connectivity index (χ3v) is 3.77. The number of hydrogen-bond donors (Lipinski definition) is 1. The third-order valence-electron chi connectivity index (χ3n) is 3.54. The van der Waals surface area contributed by atoms with Gasteiger partial charge in [-0.15, -0.1) is 0 Å². The molecule has 0 unspecified atom stereocenters. The normalized spacial score (nSPS) is 11.8. The van der Waals surface area contributed by atoms with Crippen LogP contribution in [-0.4, -0.2) is 23.5 Å². The summed E-state index contributed by atoms with van der Waals surface area (Å²) in [4.78, 5) is 27.9. The zero-order valence-electron chi connectivity index (χ0n) is 14.2. The maximum absolute atomic E-state index is 12.2. The molecule has 0 radical (unpaired) electrons. The van der Waals surface area contributed by atoms with Crippen LogP contribution in [0.5, 0.6) is 0 Å². The van der Waals surface area contributed by atoms with Gasteiger partial charge in [0.15, 0.2) is 6.61 Å². The number of carbonyl (C=O) groups excluding carboxylic acids is 2. The highest BCUT2D eigenvalue weighted by molar-refractivity contribution is 6.29. The summed E-state index contributed by atoms with van der Waals surface area (Å²) in [5.41, 5.74) is 1.27. The first kappa shape index (κ1) is 18.9. The number of hydrogen-bond acceptors (Lipinski definition) is 4. The van der Waals surface area contributed by atoms with Crippen LogP contribution in [0, 0.1) is 5.92 Å². The van der Waals surface area contributed by atoms with Crippen molar-refractivity contribution >= 4 is 23.5 Å². The highest BCUT2D eigenvalue weighted by Crippen LogP contribution is 2.21. The molecule has 0 saturated carbocycles. The number of rotatable bonds is 7. The number of pyridine rings is 1. The molecule has 25 heavy (non-hydrogen) atoms. The van der Waals surface area contributed by atoms with E-state index in [-0.39, 0.29) is 29.3 Å². The van der Waals surface area contributed by atoms with E-state index in [0.717, 1.165) is 12.0 Å². The highest BCUT2D eigenvalue weighted by Gasteiger charge is 2.17. The average Bonchev–Trinajstić information content (AvgIpc) is 2.60. The number of esters is 1. The second kappa shape index (κ2) is 9.18. The number of benzene rings is 1. The molecule has 6 heteroatoms. The predicted octanol–water partition coefficient (Wildman–Crippen LogP) is 3.80. The highest BCUT2D eigenvalue weighted by atomic mass is 35.5. The fourth-order valence-corrected chi connectivity index (χ4v) is 2.49. The van der Waals surface area contributed by atoms with Crippen molar-refractivity contribution in [2.75, 3.05) is 6.61 Å². The summed E-state index contributed by atoms with van der Waals surface area (Å²) < 4.78 is 5.04. The van der Waals surface area contributed by atoms with Crippen LogP contribution >= 0.6 is 11.6 Å². The number of halogens is 1. The fraction of sp³-hybridized carbons (Fsp3) is 0.316. The van der Waals surface area contributed by atoms with Crippen LogP contribution < -0.4 is 5.32 Å². The van der Waals surface area contributed by atoms with Gasteiger partial charge in [-0.05, 0) is 30.0 Å². The molecule has 0 spiro atoms. The first-order chi connectivity index (χ1) is 12.0. The van der Waals surface area contributed by atoms with E-state index in [1.807, 2.05) is 30.3 Å². The maximum Gasteiger partial charge on any atom is 0.340 e. The fourth-order valence-electron chi connectivity index (χ4n) is 2.38. The number of amides is 1. The van der Waals surface area contributed by atoms with Crippen LogP contribution in [0.15, 0.2) is 48.7 Å². The number of nitrogens with one attached hydrogen (secondary N) is 1. The van der Waals surface area contributed by atoms with Crippen molar-refractivity contribution in [2.24, 2.45) is 5.92 Å². The minimum absolute atomic E-state index is 0.121. The zero-order valence-corrected chi connectivity index (χ0v) is 15.0. The van der Waals surface area contributed by atoms with Crippen molar-refractivity contribution in [1.29, 1.82) is 0 Å². The van der Waals surface area contributed by atoms with Crippen LogP contribution in [0.2, 0.25) is 5.15 Å². The standard InChI is InChI=1S/C19H21ClN2O3/c1-13(2)10-16(14-6-4-3-5-7-14)22-18(23)12-25-19(24)15-8-9-17(20)21-11-15/h3-9,11,13,16H,10,12H2,1-2H3,(H,22,23)/t16-/m0/s1. The van der Waals surface area contributed by atoms with E-state index in [1.165, 1.54) is 18.3 Å². The van der Waals surface area contributed by atoms with E-state index < -0.39 is 5.97 Å². The van der Waals surface area contributed by atoms with Crippen LogP contribution in [-0.2, 0) is 9.53 Å². The molecule has 1 aromatic heterocycles. The smallest absolute Gasteiger partial charge is 0.340 e. The molecule has 0 aliphatic rings. The first-order valence-corrected chi connectivity index (χ1v) is 8.46. The molecule has 132 valence electrons. The van der Waals surface area contributed by atoms with E-state index >= 15 is 0 Å². The van der Waals surface area contributed by atoms with Gasteiger partial charge in [0.05, 0.1) is 11.6 Å². The Morgan fingerprint density at radius 3 is 2.48 bits per heavy atom. The molecule has 2 rings (SSSR count). The van der Waals surface area contributed by atoms with Gasteiger partial charge in [0, 0.05) is 6.20 Å². The first-order valence-electron chi connectivity index (χ1n) is 8.08. The molecule has 1 aromatic carbocycles. The lowest BCUT2D eigenvalue weighted by Crippen LogP contribution is -2.33. The monoisotopic (exact) mass is 360 g/mol. The van der Waals surface area contributed by atoms with Crippen LogP contribution in [0.1, 0.15) is 42.2 Å². The molecule has 1 atom stereocenters. The number of aromatic nitrogens is 1. The summed E-state index contributed by atoms with van der Waals surface area (Å²) in [5.74, 6) is -0.544. The number of ether oxygens (including phenoxy) is 1. The van der Waals surface area contributed by atoms with E-state index in [1.54, 1.807) is 0 Å². The second-order valence-corrected chi connectivity index (χ2v) is 6.49. The Hall–Kier alpha value is -2.40. The van der Waals surface area contributed by atoms with E-state index in [4.69, 9.17) is 16.3 Å². The van der Waals surface area contributed by atoms with Crippen molar-refractivity contribution < 1.29 is 14.3 Å². The third kappa shape index (κ3) is 6.19. The molecular formula is C19H21ClN2O3. The van der Waals surface area contributed by atoms with Gasteiger partial charge in [0.1, 0.15) is 5.15 Å². The van der Waals surface area contributed by atoms with Gasteiger partial charge >= 0.3 is 5.97 Å². The summed E-state index contributed by atoms with van der Waals surface area (Å²) >= 11 is 5.67. The Morgan fingerprint density at radius 2 is 1.88 bits per heavy atom. The minimum Gasteiger partial charge on any atom is -0.452 e. The summed E-state index contributed by atoms with van der Waals surface area (Å²) in [6.07, 6.45) is 2.11. The Morgan fingerprint density at radius 1 is 1.16 bits per heavy atom. The van der Waals surface area contributed by atoms with Gasteiger partial charge in [-0.2, -0.15) is 0 Å². The summed E-state index contributed by atoms with van der Waals surface area (Å²) in [7, 11) is 0. The van der Waals surface area contributed by atoms with Gasteiger partial charge < -0.3 is 10.1 Å². The van der Waals surface area contributed by atoms with Crippen molar-refractivity contribution in [3.05, 3.63) is 64.9 Å². The van der Waals surface area contributed by atoms with E-state index in [2.05, 4.69) is 24.1 Å². The molecule has 0 aliphatic heterocycles. The Balaban J connectivity index is 1.92. The molecule has 1 heterocycles.